The van der Waals surface area contributed by atoms with Crippen molar-refractivity contribution in [2.75, 3.05) is 31.9 Å². The number of piperidine rings is 1. The summed E-state index contributed by atoms with van der Waals surface area (Å²) in [5.74, 6) is -0.941. The lowest BCUT2D eigenvalue weighted by molar-refractivity contribution is -0.218. The summed E-state index contributed by atoms with van der Waals surface area (Å²) in [6, 6.07) is 8.77. The van der Waals surface area contributed by atoms with Crippen LogP contribution in [-0.4, -0.2) is 67.7 Å². The number of hydrogen-bond donors (Lipinski definition) is 1. The van der Waals surface area contributed by atoms with Gasteiger partial charge in [-0.2, -0.15) is 13.2 Å². The van der Waals surface area contributed by atoms with E-state index in [-0.39, 0.29) is 38.4 Å². The fraction of sp³-hybridized carbons (Fsp3) is 0.667. The molecule has 0 saturated carbocycles. The molecule has 0 spiro atoms. The first-order chi connectivity index (χ1) is 14.6. The van der Waals surface area contributed by atoms with Crippen LogP contribution in [0, 0.1) is 5.41 Å². The Morgan fingerprint density at radius 1 is 1.16 bits per heavy atom. The number of halogens is 3. The molecule has 2 aliphatic heterocycles. The highest BCUT2D eigenvalue weighted by atomic mass is 32.2. The summed E-state index contributed by atoms with van der Waals surface area (Å²) < 4.78 is 67.9. The molecule has 2 heterocycles. The quantitative estimate of drug-likeness (QED) is 0.678. The lowest BCUT2D eigenvalue weighted by Crippen LogP contribution is -2.56. The van der Waals surface area contributed by atoms with Gasteiger partial charge in [0.1, 0.15) is 0 Å². The number of hydrogen-bond acceptors (Lipinski definition) is 4. The molecule has 1 aromatic rings. The minimum Gasteiger partial charge on any atom is -0.352 e. The Balaban J connectivity index is 1.63. The van der Waals surface area contributed by atoms with Gasteiger partial charge in [0.15, 0.2) is 5.41 Å². The maximum atomic E-state index is 14.1. The smallest absolute Gasteiger partial charge is 0.352 e. The highest BCUT2D eigenvalue weighted by Crippen LogP contribution is 2.46. The van der Waals surface area contributed by atoms with Crippen LogP contribution in [-0.2, 0) is 21.4 Å². The van der Waals surface area contributed by atoms with E-state index in [1.165, 1.54) is 4.31 Å². The molecule has 2 fully saturated rings. The van der Waals surface area contributed by atoms with Gasteiger partial charge in [-0.1, -0.05) is 37.3 Å². The molecule has 2 saturated heterocycles. The zero-order valence-corrected chi connectivity index (χ0v) is 18.5. The van der Waals surface area contributed by atoms with Gasteiger partial charge in [0.25, 0.3) is 0 Å². The van der Waals surface area contributed by atoms with Gasteiger partial charge in [0.2, 0.25) is 15.9 Å². The van der Waals surface area contributed by atoms with Crippen LogP contribution in [0.2, 0.25) is 0 Å². The van der Waals surface area contributed by atoms with Gasteiger partial charge in [-0.3, -0.25) is 9.69 Å². The number of nitrogens with one attached hydrogen (secondary N) is 1. The predicted molar refractivity (Wildman–Crippen MR) is 112 cm³/mol. The summed E-state index contributed by atoms with van der Waals surface area (Å²) >= 11 is 0. The second-order valence-corrected chi connectivity index (χ2v) is 10.6. The molecule has 174 valence electrons. The van der Waals surface area contributed by atoms with E-state index in [9.17, 15) is 26.4 Å². The molecule has 3 rings (SSSR count). The summed E-state index contributed by atoms with van der Waals surface area (Å²) in [4.78, 5) is 14.5. The molecule has 0 radical (unpaired) electrons. The van der Waals surface area contributed by atoms with Crippen molar-refractivity contribution in [3.63, 3.8) is 0 Å². The summed E-state index contributed by atoms with van der Waals surface area (Å²) in [6.07, 6.45) is -3.80. The Labute approximate surface area is 181 Å². The van der Waals surface area contributed by atoms with E-state index in [1.54, 1.807) is 11.8 Å². The van der Waals surface area contributed by atoms with Crippen molar-refractivity contribution < 1.29 is 26.4 Å². The molecule has 0 bridgehead atoms. The Morgan fingerprint density at radius 2 is 1.81 bits per heavy atom. The van der Waals surface area contributed by atoms with E-state index in [0.717, 1.165) is 5.56 Å². The average Bonchev–Trinajstić information content (AvgIpc) is 3.14. The summed E-state index contributed by atoms with van der Waals surface area (Å²) in [7, 11) is -3.34. The molecular weight excluding hydrogens is 431 g/mol. The fourth-order valence-electron chi connectivity index (χ4n) is 4.40. The fourth-order valence-corrected chi connectivity index (χ4v) is 5.94. The molecule has 1 atom stereocenters. The first kappa shape index (κ1) is 24.0. The SMILES string of the molecule is CCCS(=O)(=O)N1CCC(NC(=O)C2(C(F)(F)F)CCN(Cc3ccccc3)C2)CC1. The van der Waals surface area contributed by atoms with Gasteiger partial charge in [0.05, 0.1) is 5.75 Å². The van der Waals surface area contributed by atoms with Gasteiger partial charge in [-0.25, -0.2) is 12.7 Å². The van der Waals surface area contributed by atoms with Gasteiger partial charge in [-0.05, 0) is 37.8 Å². The molecule has 1 unspecified atom stereocenters. The lowest BCUT2D eigenvalue weighted by Gasteiger charge is -2.35. The van der Waals surface area contributed by atoms with Crippen LogP contribution >= 0.6 is 0 Å². The van der Waals surface area contributed by atoms with E-state index in [1.807, 2.05) is 30.3 Å². The van der Waals surface area contributed by atoms with Crippen LogP contribution in [0.3, 0.4) is 0 Å². The topological polar surface area (TPSA) is 69.7 Å². The van der Waals surface area contributed by atoms with Crippen molar-refractivity contribution in [1.29, 1.82) is 0 Å². The number of carbonyl (C=O) groups excluding carboxylic acids is 1. The standard InChI is InChI=1S/C21H30F3N3O3S/c1-2-14-31(29,30)27-11-8-18(9-12-27)25-19(28)20(21(22,23)24)10-13-26(16-20)15-17-6-4-3-5-7-17/h3-7,18H,2,8-16H2,1H3,(H,25,28). The number of alkyl halides is 3. The number of sulfonamides is 1. The molecule has 0 aromatic heterocycles. The molecule has 0 aliphatic carbocycles. The van der Waals surface area contributed by atoms with Crippen molar-refractivity contribution in [2.24, 2.45) is 5.41 Å². The van der Waals surface area contributed by atoms with Gasteiger partial charge in [-0.15, -0.1) is 0 Å². The minimum absolute atomic E-state index is 0.0540. The Bertz CT molecular complexity index is 856. The van der Waals surface area contributed by atoms with Crippen molar-refractivity contribution in [3.05, 3.63) is 35.9 Å². The van der Waals surface area contributed by atoms with Crippen LogP contribution in [0.4, 0.5) is 13.2 Å². The number of nitrogens with zero attached hydrogens (tertiary/aromatic N) is 2. The molecule has 31 heavy (non-hydrogen) atoms. The third-order valence-electron chi connectivity index (χ3n) is 6.22. The maximum absolute atomic E-state index is 14.1. The van der Waals surface area contributed by atoms with Crippen molar-refractivity contribution in [3.8, 4) is 0 Å². The van der Waals surface area contributed by atoms with Crippen molar-refractivity contribution >= 4 is 15.9 Å². The molecule has 1 amide bonds. The van der Waals surface area contributed by atoms with E-state index >= 15 is 0 Å². The van der Waals surface area contributed by atoms with Crippen LogP contribution in [0.5, 0.6) is 0 Å². The maximum Gasteiger partial charge on any atom is 0.404 e. The van der Waals surface area contributed by atoms with Gasteiger partial charge in [0, 0.05) is 32.2 Å². The monoisotopic (exact) mass is 461 g/mol. The first-order valence-corrected chi connectivity index (χ1v) is 12.3. The molecule has 2 aliphatic rings. The van der Waals surface area contributed by atoms with Crippen LogP contribution in [0.15, 0.2) is 30.3 Å². The summed E-state index contributed by atoms with van der Waals surface area (Å²) in [5, 5.41) is 2.59. The highest BCUT2D eigenvalue weighted by molar-refractivity contribution is 7.89. The third-order valence-corrected chi connectivity index (χ3v) is 8.30. The predicted octanol–water partition coefficient (Wildman–Crippen LogP) is 2.76. The number of rotatable bonds is 7. The number of amides is 1. The van der Waals surface area contributed by atoms with Crippen molar-refractivity contribution in [2.45, 2.75) is 51.4 Å². The van der Waals surface area contributed by atoms with E-state index in [4.69, 9.17) is 0 Å². The summed E-state index contributed by atoms with van der Waals surface area (Å²) in [5.41, 5.74) is -1.53. The summed E-state index contributed by atoms with van der Waals surface area (Å²) in [6.45, 7) is 2.39. The van der Waals surface area contributed by atoms with Crippen LogP contribution < -0.4 is 5.32 Å². The Hall–Kier alpha value is -1.65. The molecule has 1 aromatic carbocycles. The van der Waals surface area contributed by atoms with E-state index < -0.39 is 33.6 Å². The number of carbonyl (C=O) groups is 1. The molecule has 1 N–H and O–H groups in total. The second kappa shape index (κ2) is 9.46. The zero-order chi connectivity index (χ0) is 22.7. The Kier molecular flexibility index (Phi) is 7.32. The second-order valence-electron chi connectivity index (χ2n) is 8.49. The lowest BCUT2D eigenvalue weighted by atomic mass is 9.84. The molecular formula is C21H30F3N3O3S. The van der Waals surface area contributed by atoms with Crippen LogP contribution in [0.25, 0.3) is 0 Å². The van der Waals surface area contributed by atoms with E-state index in [0.29, 0.717) is 25.8 Å². The van der Waals surface area contributed by atoms with Gasteiger partial charge >= 0.3 is 6.18 Å². The average molecular weight is 462 g/mol. The highest BCUT2D eigenvalue weighted by Gasteiger charge is 2.63. The molecule has 6 nitrogen and oxygen atoms in total. The van der Waals surface area contributed by atoms with Crippen molar-refractivity contribution in [1.82, 2.24) is 14.5 Å². The van der Waals surface area contributed by atoms with Gasteiger partial charge < -0.3 is 5.32 Å². The van der Waals surface area contributed by atoms with Crippen LogP contribution in [0.1, 0.15) is 38.2 Å². The zero-order valence-electron chi connectivity index (χ0n) is 17.7. The minimum atomic E-state index is -4.66. The number of benzene rings is 1. The number of likely N-dealkylation sites (tertiary alicyclic amines) is 1. The first-order valence-electron chi connectivity index (χ1n) is 10.7. The third kappa shape index (κ3) is 5.40. The molecule has 10 heteroatoms. The largest absolute Gasteiger partial charge is 0.404 e. The Morgan fingerprint density at radius 3 is 2.39 bits per heavy atom. The normalized spacial score (nSPS) is 24.4. The van der Waals surface area contributed by atoms with E-state index in [2.05, 4.69) is 5.32 Å².